The molecule has 6 nitrogen and oxygen atoms in total. The molecule has 7 aromatic carbocycles. The lowest BCUT2D eigenvalue weighted by Gasteiger charge is -2.12. The highest BCUT2D eigenvalue weighted by molar-refractivity contribution is 8.27. The Kier molecular flexibility index (Phi) is 8.47. The maximum atomic E-state index is 8.91. The first-order chi connectivity index (χ1) is 27.6. The predicted octanol–water partition coefficient (Wildman–Crippen LogP) is 12.7. The molecule has 0 saturated heterocycles. The van der Waals surface area contributed by atoms with E-state index in [2.05, 4.69) is 107 Å². The van der Waals surface area contributed by atoms with Gasteiger partial charge in [0, 0.05) is 22.3 Å². The smallest absolute Gasteiger partial charge is 0.166 e. The first-order valence-electron chi connectivity index (χ1n) is 18.1. The van der Waals surface area contributed by atoms with Gasteiger partial charge in [0.2, 0.25) is 0 Å². The van der Waals surface area contributed by atoms with E-state index in [0.717, 1.165) is 71.7 Å². The van der Waals surface area contributed by atoms with Crippen molar-refractivity contribution in [3.05, 3.63) is 181 Å². The highest BCUT2D eigenvalue weighted by Crippen LogP contribution is 2.37. The molecule has 56 heavy (non-hydrogen) atoms. The summed E-state index contributed by atoms with van der Waals surface area (Å²) in [6.45, 7) is 0. The molecule has 0 aliphatic heterocycles. The number of benzene rings is 7. The van der Waals surface area contributed by atoms with Crippen LogP contribution in [0.5, 0.6) is 0 Å². The second-order valence-electron chi connectivity index (χ2n) is 13.4. The monoisotopic (exact) mass is 754 g/mol. The Hall–Kier alpha value is -6.87. The van der Waals surface area contributed by atoms with Crippen LogP contribution >= 0.6 is 23.1 Å². The van der Waals surface area contributed by atoms with Crippen LogP contribution in [0.1, 0.15) is 11.3 Å². The highest BCUT2D eigenvalue weighted by Gasteiger charge is 2.16. The normalized spacial score (nSPS) is 11.4. The minimum absolute atomic E-state index is 0.214. The van der Waals surface area contributed by atoms with Crippen LogP contribution in [-0.4, -0.2) is 30.3 Å². The Balaban J connectivity index is 0.872. The van der Waals surface area contributed by atoms with Crippen molar-refractivity contribution in [2.45, 2.75) is 0 Å². The van der Waals surface area contributed by atoms with Crippen molar-refractivity contribution in [3.8, 4) is 43.8 Å². The maximum Gasteiger partial charge on any atom is 0.166 e. The van der Waals surface area contributed by atoms with Gasteiger partial charge in [0.25, 0.3) is 0 Å². The lowest BCUT2D eigenvalue weighted by molar-refractivity contribution is 1.09. The third kappa shape index (κ3) is 6.11. The summed E-state index contributed by atoms with van der Waals surface area (Å²) in [7, 11) is 0. The summed E-state index contributed by atoms with van der Waals surface area (Å²) in [4.78, 5) is 9.98. The first kappa shape index (κ1) is 33.7. The van der Waals surface area contributed by atoms with E-state index in [4.69, 9.17) is 20.8 Å². The van der Waals surface area contributed by atoms with Gasteiger partial charge in [-0.05, 0) is 91.2 Å². The van der Waals surface area contributed by atoms with Crippen molar-refractivity contribution in [1.82, 2.24) is 20.2 Å². The maximum absolute atomic E-state index is 8.91. The third-order valence-electron chi connectivity index (χ3n) is 10.1. The Labute approximate surface area is 330 Å². The van der Waals surface area contributed by atoms with Crippen LogP contribution in [0, 0.1) is 10.8 Å². The van der Waals surface area contributed by atoms with Gasteiger partial charge in [-0.15, -0.1) is 10.2 Å². The predicted molar refractivity (Wildman–Crippen MR) is 235 cm³/mol. The fourth-order valence-electron chi connectivity index (χ4n) is 7.37. The van der Waals surface area contributed by atoms with Crippen LogP contribution in [0.25, 0.3) is 86.9 Å². The quantitative estimate of drug-likeness (QED) is 0.100. The van der Waals surface area contributed by atoms with Crippen molar-refractivity contribution in [2.75, 3.05) is 0 Å². The third-order valence-corrected chi connectivity index (χ3v) is 11.9. The van der Waals surface area contributed by atoms with Crippen molar-refractivity contribution >= 4 is 76.3 Å². The van der Waals surface area contributed by atoms with Crippen molar-refractivity contribution in [3.63, 3.8) is 0 Å². The second kappa shape index (κ2) is 14.1. The van der Waals surface area contributed by atoms with Crippen molar-refractivity contribution in [1.29, 1.82) is 10.8 Å². The van der Waals surface area contributed by atoms with E-state index < -0.39 is 0 Å². The number of aromatic nitrogens is 4. The van der Waals surface area contributed by atoms with Crippen molar-refractivity contribution in [2.24, 2.45) is 0 Å². The van der Waals surface area contributed by atoms with Gasteiger partial charge in [0.1, 0.15) is 20.8 Å². The molecule has 0 aliphatic rings. The summed E-state index contributed by atoms with van der Waals surface area (Å²) < 4.78 is 0. The fraction of sp³-hybridized carbons (Fsp3) is 0. The molecule has 0 aliphatic carbocycles. The van der Waals surface area contributed by atoms with Gasteiger partial charge in [0.15, 0.2) is 5.01 Å². The van der Waals surface area contributed by atoms with Gasteiger partial charge in [-0.2, -0.15) is 0 Å². The molecule has 0 fully saturated rings. The van der Waals surface area contributed by atoms with E-state index in [1.807, 2.05) is 72.8 Å². The molecule has 10 rings (SSSR count). The Morgan fingerprint density at radius 2 is 0.929 bits per heavy atom. The number of hydrogen-bond donors (Lipinski definition) is 2. The molecule has 0 bridgehead atoms. The molecule has 8 heteroatoms. The number of thioether (sulfide) groups is 1. The zero-order chi connectivity index (χ0) is 37.6. The van der Waals surface area contributed by atoms with Gasteiger partial charge in [-0.25, -0.2) is 9.97 Å². The van der Waals surface area contributed by atoms with Crippen LogP contribution in [0.2, 0.25) is 0 Å². The van der Waals surface area contributed by atoms with Crippen molar-refractivity contribution < 1.29 is 0 Å². The summed E-state index contributed by atoms with van der Waals surface area (Å²) in [5.74, 6) is 0. The van der Waals surface area contributed by atoms with Gasteiger partial charge in [-0.3, -0.25) is 10.8 Å². The molecule has 0 amide bonds. The standard InChI is InChI=1S/C48H30N6S2/c49-45(55-46(50)43-21-9-19-41(51-43)39-27-31-11-1-3-13-33(31)35-15-5-7-17-37(35)39)29-23-25-30(26-24-29)47-53-54-48(56-47)44-22-10-20-42(52-44)40-28-32-12-2-4-14-34(32)36-16-6-8-18-38(36)40/h1-28,49-50H. The van der Waals surface area contributed by atoms with E-state index in [1.165, 1.54) is 38.3 Å². The van der Waals surface area contributed by atoms with Crippen LogP contribution in [-0.2, 0) is 0 Å². The van der Waals surface area contributed by atoms with E-state index in [9.17, 15) is 0 Å². The summed E-state index contributed by atoms with van der Waals surface area (Å²) in [5.41, 5.74) is 6.69. The van der Waals surface area contributed by atoms with Gasteiger partial charge in [-0.1, -0.05) is 145 Å². The molecule has 0 radical (unpaired) electrons. The zero-order valence-corrected chi connectivity index (χ0v) is 31.4. The average Bonchev–Trinajstić information content (AvgIpc) is 3.77. The summed E-state index contributed by atoms with van der Waals surface area (Å²) in [6, 6.07) is 57.6. The molecule has 3 aromatic heterocycles. The van der Waals surface area contributed by atoms with Gasteiger partial charge in [0.05, 0.1) is 17.1 Å². The van der Waals surface area contributed by atoms with E-state index in [-0.39, 0.29) is 10.1 Å². The minimum atomic E-state index is 0.214. The Bertz CT molecular complexity index is 3170. The second-order valence-corrected chi connectivity index (χ2v) is 15.4. The summed E-state index contributed by atoms with van der Waals surface area (Å²) in [6.07, 6.45) is 0. The number of hydrogen-bond acceptors (Lipinski definition) is 8. The summed E-state index contributed by atoms with van der Waals surface area (Å²) in [5, 5.41) is 38.2. The number of nitrogens with zero attached hydrogens (tertiary/aromatic N) is 4. The Morgan fingerprint density at radius 1 is 0.429 bits per heavy atom. The molecular weight excluding hydrogens is 725 g/mol. The number of nitrogens with one attached hydrogen (secondary N) is 2. The van der Waals surface area contributed by atoms with Crippen LogP contribution in [0.4, 0.5) is 0 Å². The van der Waals surface area contributed by atoms with E-state index in [0.29, 0.717) is 11.3 Å². The molecule has 2 N–H and O–H groups in total. The van der Waals surface area contributed by atoms with Crippen LogP contribution in [0.15, 0.2) is 170 Å². The number of pyridine rings is 2. The lowest BCUT2D eigenvalue weighted by Crippen LogP contribution is -2.04. The molecule has 264 valence electrons. The SMILES string of the molecule is N=C(SC(=N)c1cccc(-c2cc3ccccc3c3ccccc23)n1)c1ccc(-c2nnc(-c3cccc(-c4cc5ccccc5c5ccccc45)n3)s2)cc1. The number of fused-ring (bicyclic) bond motifs is 6. The zero-order valence-electron chi connectivity index (χ0n) is 29.8. The topological polar surface area (TPSA) is 99.3 Å². The molecule has 0 unspecified atom stereocenters. The number of rotatable bonds is 6. The van der Waals surface area contributed by atoms with E-state index in [1.54, 1.807) is 0 Å². The molecule has 0 saturated carbocycles. The lowest BCUT2D eigenvalue weighted by atomic mass is 9.95. The minimum Gasteiger partial charge on any atom is -0.293 e. The Morgan fingerprint density at radius 3 is 1.55 bits per heavy atom. The first-order valence-corrected chi connectivity index (χ1v) is 19.8. The molecular formula is C48H30N6S2. The van der Waals surface area contributed by atoms with E-state index >= 15 is 0 Å². The molecule has 0 spiro atoms. The van der Waals surface area contributed by atoms with Crippen LogP contribution in [0.3, 0.4) is 0 Å². The van der Waals surface area contributed by atoms with Gasteiger partial charge < -0.3 is 0 Å². The average molecular weight is 755 g/mol. The highest BCUT2D eigenvalue weighted by atomic mass is 32.2. The molecule has 10 aromatic rings. The molecule has 3 heterocycles. The molecule has 0 atom stereocenters. The van der Waals surface area contributed by atoms with Gasteiger partial charge >= 0.3 is 0 Å². The largest absolute Gasteiger partial charge is 0.293 e. The van der Waals surface area contributed by atoms with Crippen LogP contribution < -0.4 is 0 Å². The summed E-state index contributed by atoms with van der Waals surface area (Å²) >= 11 is 2.58. The fourth-order valence-corrected chi connectivity index (χ4v) is 8.86.